The van der Waals surface area contributed by atoms with Gasteiger partial charge < -0.3 is 4.90 Å². The predicted octanol–water partition coefficient (Wildman–Crippen LogP) is 2.83. The number of nitrogens with zero attached hydrogens (tertiary/aromatic N) is 1. The van der Waals surface area contributed by atoms with Crippen LogP contribution in [0.3, 0.4) is 0 Å². The average Bonchev–Trinajstić information content (AvgIpc) is 2.64. The monoisotopic (exact) mass is 378 g/mol. The molecule has 140 valence electrons. The van der Waals surface area contributed by atoms with Crippen LogP contribution in [-0.2, 0) is 16.4 Å². The minimum atomic E-state index is -3.73. The van der Waals surface area contributed by atoms with Crippen molar-refractivity contribution in [2.24, 2.45) is 0 Å². The van der Waals surface area contributed by atoms with Crippen LogP contribution in [0.5, 0.6) is 0 Å². The Hall–Kier alpha value is -2.25. The first-order valence-corrected chi connectivity index (χ1v) is 9.99. The van der Waals surface area contributed by atoms with Crippen molar-refractivity contribution in [1.82, 2.24) is 9.62 Å². The first-order chi connectivity index (χ1) is 12.4. The van der Waals surface area contributed by atoms with Gasteiger partial charge in [0.05, 0.1) is 4.90 Å². The van der Waals surface area contributed by atoms with E-state index >= 15 is 0 Å². The summed E-state index contributed by atoms with van der Waals surface area (Å²) in [5, 5.41) is 0. The summed E-state index contributed by atoms with van der Waals surface area (Å²) in [6.45, 7) is 5.05. The molecule has 5 nitrogen and oxygen atoms in total. The Kier molecular flexibility index (Phi) is 6.88. The third-order valence-electron chi connectivity index (χ3n) is 4.06. The first kappa shape index (κ1) is 20.1. The zero-order valence-corrected chi connectivity index (χ0v) is 15.7. The molecule has 0 bridgehead atoms. The molecule has 0 radical (unpaired) electrons. The molecule has 0 saturated carbocycles. The van der Waals surface area contributed by atoms with Gasteiger partial charge >= 0.3 is 0 Å². The predicted molar refractivity (Wildman–Crippen MR) is 99.0 cm³/mol. The van der Waals surface area contributed by atoms with Crippen molar-refractivity contribution in [2.75, 3.05) is 19.6 Å². The normalized spacial score (nSPS) is 11.3. The van der Waals surface area contributed by atoms with E-state index in [2.05, 4.69) is 4.72 Å². The molecule has 26 heavy (non-hydrogen) atoms. The molecule has 0 heterocycles. The summed E-state index contributed by atoms with van der Waals surface area (Å²) in [5.74, 6) is -0.526. The van der Waals surface area contributed by atoms with E-state index in [-0.39, 0.29) is 23.2 Å². The molecule has 0 aliphatic heterocycles. The van der Waals surface area contributed by atoms with Crippen LogP contribution >= 0.6 is 0 Å². The second-order valence-electron chi connectivity index (χ2n) is 5.78. The van der Waals surface area contributed by atoms with E-state index < -0.39 is 10.0 Å². The number of rotatable bonds is 8. The van der Waals surface area contributed by atoms with Crippen molar-refractivity contribution in [2.45, 2.75) is 25.2 Å². The van der Waals surface area contributed by atoms with Crippen molar-refractivity contribution < 1.29 is 17.6 Å². The summed E-state index contributed by atoms with van der Waals surface area (Å²) in [5.41, 5.74) is 1.18. The van der Waals surface area contributed by atoms with Gasteiger partial charge in [0.1, 0.15) is 5.82 Å². The van der Waals surface area contributed by atoms with E-state index in [1.165, 1.54) is 24.3 Å². The molecular formula is C19H23FN2O3S. The Labute approximate surface area is 153 Å². The minimum Gasteiger partial charge on any atom is -0.339 e. The van der Waals surface area contributed by atoms with Crippen LogP contribution in [-0.4, -0.2) is 38.9 Å². The summed E-state index contributed by atoms with van der Waals surface area (Å²) in [7, 11) is -3.73. The van der Waals surface area contributed by atoms with Gasteiger partial charge in [-0.2, -0.15) is 0 Å². The zero-order chi connectivity index (χ0) is 19.2. The Balaban J connectivity index is 2.07. The first-order valence-electron chi connectivity index (χ1n) is 8.50. The maximum absolute atomic E-state index is 12.9. The number of carbonyl (C=O) groups is 1. The van der Waals surface area contributed by atoms with E-state index in [4.69, 9.17) is 0 Å². The van der Waals surface area contributed by atoms with Gasteiger partial charge in [-0.3, -0.25) is 4.79 Å². The Bertz CT molecular complexity index is 847. The van der Waals surface area contributed by atoms with Crippen molar-refractivity contribution >= 4 is 15.9 Å². The van der Waals surface area contributed by atoms with Crippen LogP contribution in [0.15, 0.2) is 53.4 Å². The molecule has 2 aromatic rings. The SMILES string of the molecule is CCN(CC)C(=O)c1cccc(S(=O)(=O)NCCc2ccc(F)cc2)c1. The topological polar surface area (TPSA) is 66.5 Å². The maximum Gasteiger partial charge on any atom is 0.253 e. The van der Waals surface area contributed by atoms with Crippen LogP contribution < -0.4 is 4.72 Å². The molecule has 0 atom stereocenters. The molecule has 1 amide bonds. The van der Waals surface area contributed by atoms with E-state index in [1.807, 2.05) is 13.8 Å². The largest absolute Gasteiger partial charge is 0.339 e. The van der Waals surface area contributed by atoms with Gasteiger partial charge in [0.2, 0.25) is 10.0 Å². The van der Waals surface area contributed by atoms with Crippen LogP contribution in [0.25, 0.3) is 0 Å². The highest BCUT2D eigenvalue weighted by molar-refractivity contribution is 7.89. The van der Waals surface area contributed by atoms with E-state index in [0.717, 1.165) is 5.56 Å². The van der Waals surface area contributed by atoms with Crippen molar-refractivity contribution in [1.29, 1.82) is 0 Å². The highest BCUT2D eigenvalue weighted by atomic mass is 32.2. The number of nitrogens with one attached hydrogen (secondary N) is 1. The van der Waals surface area contributed by atoms with E-state index in [1.54, 1.807) is 29.2 Å². The molecule has 0 aromatic heterocycles. The van der Waals surface area contributed by atoms with Crippen LogP contribution in [0, 0.1) is 5.82 Å². The van der Waals surface area contributed by atoms with Crippen LogP contribution in [0.1, 0.15) is 29.8 Å². The lowest BCUT2D eigenvalue weighted by Gasteiger charge is -2.19. The number of carbonyl (C=O) groups excluding carboxylic acids is 1. The van der Waals surface area contributed by atoms with Gasteiger partial charge in [-0.1, -0.05) is 18.2 Å². The Morgan fingerprint density at radius 3 is 2.35 bits per heavy atom. The number of sulfonamides is 1. The second-order valence-corrected chi connectivity index (χ2v) is 7.55. The molecule has 2 aromatic carbocycles. The van der Waals surface area contributed by atoms with Crippen LogP contribution in [0.4, 0.5) is 4.39 Å². The lowest BCUT2D eigenvalue weighted by molar-refractivity contribution is 0.0772. The van der Waals surface area contributed by atoms with Gasteiger partial charge in [-0.05, 0) is 56.2 Å². The summed E-state index contributed by atoms with van der Waals surface area (Å²) >= 11 is 0. The summed E-state index contributed by atoms with van der Waals surface area (Å²) < 4.78 is 40.3. The lowest BCUT2D eigenvalue weighted by Crippen LogP contribution is -2.31. The number of amides is 1. The Morgan fingerprint density at radius 1 is 1.08 bits per heavy atom. The van der Waals surface area contributed by atoms with Crippen molar-refractivity contribution in [3.63, 3.8) is 0 Å². The number of benzene rings is 2. The summed E-state index contributed by atoms with van der Waals surface area (Å²) in [6, 6.07) is 11.9. The number of hydrogen-bond donors (Lipinski definition) is 1. The molecule has 1 N–H and O–H groups in total. The van der Waals surface area contributed by atoms with E-state index in [9.17, 15) is 17.6 Å². The van der Waals surface area contributed by atoms with Gasteiger partial charge in [-0.15, -0.1) is 0 Å². The van der Waals surface area contributed by atoms with E-state index in [0.29, 0.717) is 25.1 Å². The average molecular weight is 378 g/mol. The fourth-order valence-corrected chi connectivity index (χ4v) is 3.63. The quantitative estimate of drug-likeness (QED) is 0.768. The van der Waals surface area contributed by atoms with Gasteiger partial charge in [0, 0.05) is 25.2 Å². The number of hydrogen-bond acceptors (Lipinski definition) is 3. The maximum atomic E-state index is 12.9. The van der Waals surface area contributed by atoms with Gasteiger partial charge in [0.15, 0.2) is 0 Å². The third-order valence-corrected chi connectivity index (χ3v) is 5.52. The fourth-order valence-electron chi connectivity index (χ4n) is 2.55. The third kappa shape index (κ3) is 5.12. The summed E-state index contributed by atoms with van der Waals surface area (Å²) in [6.07, 6.45) is 0.442. The molecule has 2 rings (SSSR count). The molecular weight excluding hydrogens is 355 g/mol. The van der Waals surface area contributed by atoms with Gasteiger partial charge in [0.25, 0.3) is 5.91 Å². The molecule has 0 saturated heterocycles. The highest BCUT2D eigenvalue weighted by Gasteiger charge is 2.18. The standard InChI is InChI=1S/C19H23FN2O3S/c1-3-22(4-2)19(23)16-6-5-7-18(14-16)26(24,25)21-13-12-15-8-10-17(20)11-9-15/h5-11,14,21H,3-4,12-13H2,1-2H3. The van der Waals surface area contributed by atoms with Crippen molar-refractivity contribution in [3.8, 4) is 0 Å². The summed E-state index contributed by atoms with van der Waals surface area (Å²) in [4.78, 5) is 14.1. The zero-order valence-electron chi connectivity index (χ0n) is 14.9. The highest BCUT2D eigenvalue weighted by Crippen LogP contribution is 2.14. The molecule has 7 heteroatoms. The van der Waals surface area contributed by atoms with Gasteiger partial charge in [-0.25, -0.2) is 17.5 Å². The lowest BCUT2D eigenvalue weighted by atomic mass is 10.1. The fraction of sp³-hybridized carbons (Fsp3) is 0.316. The van der Waals surface area contributed by atoms with Crippen molar-refractivity contribution in [3.05, 3.63) is 65.5 Å². The smallest absolute Gasteiger partial charge is 0.253 e. The Morgan fingerprint density at radius 2 is 1.73 bits per heavy atom. The molecule has 0 spiro atoms. The minimum absolute atomic E-state index is 0.0506. The van der Waals surface area contributed by atoms with Crippen LogP contribution in [0.2, 0.25) is 0 Å². The second kappa shape index (κ2) is 8.91. The molecule has 0 aliphatic carbocycles. The number of halogens is 1. The molecule has 0 fully saturated rings. The molecule has 0 aliphatic rings. The molecule has 0 unspecified atom stereocenters.